The van der Waals surface area contributed by atoms with Gasteiger partial charge in [-0.2, -0.15) is 10.4 Å². The lowest BCUT2D eigenvalue weighted by molar-refractivity contribution is 0.395. The predicted octanol–water partition coefficient (Wildman–Crippen LogP) is 5.80. The van der Waals surface area contributed by atoms with Crippen molar-refractivity contribution in [3.05, 3.63) is 66.5 Å². The van der Waals surface area contributed by atoms with E-state index in [-0.39, 0.29) is 0 Å². The summed E-state index contributed by atoms with van der Waals surface area (Å²) in [5.41, 5.74) is 7.00. The molecular formula is C27H27N5. The minimum absolute atomic E-state index is 0.665. The average Bonchev–Trinajstić information content (AvgIpc) is 3.23. The van der Waals surface area contributed by atoms with Gasteiger partial charge in [0.15, 0.2) is 0 Å². The second kappa shape index (κ2) is 8.47. The van der Waals surface area contributed by atoms with Crippen LogP contribution in [-0.4, -0.2) is 27.9 Å². The van der Waals surface area contributed by atoms with E-state index >= 15 is 0 Å². The molecule has 5 heteroatoms. The number of anilines is 1. The highest BCUT2D eigenvalue weighted by molar-refractivity contribution is 5.89. The number of piperidine rings is 1. The number of rotatable bonds is 4. The molecule has 0 atom stereocenters. The van der Waals surface area contributed by atoms with Crippen LogP contribution < -0.4 is 4.90 Å². The largest absolute Gasteiger partial charge is 0.370 e. The Balaban J connectivity index is 1.59. The number of pyridine rings is 1. The maximum Gasteiger partial charge on any atom is 0.0991 e. The SMILES string of the molecule is CCC1CCN(c2cnc(-c3ccc4nn(C)cc4c3)c(-c3ccc(C#N)cc3)c2)CC1. The molecule has 5 rings (SSSR count). The van der Waals surface area contributed by atoms with Crippen molar-refractivity contribution >= 4 is 16.6 Å². The van der Waals surface area contributed by atoms with Gasteiger partial charge in [-0.15, -0.1) is 0 Å². The second-order valence-corrected chi connectivity index (χ2v) is 8.69. The van der Waals surface area contributed by atoms with Crippen LogP contribution in [0.15, 0.2) is 60.9 Å². The van der Waals surface area contributed by atoms with Gasteiger partial charge in [0.2, 0.25) is 0 Å². The van der Waals surface area contributed by atoms with Crippen molar-refractivity contribution in [2.75, 3.05) is 18.0 Å². The van der Waals surface area contributed by atoms with Crippen LogP contribution in [-0.2, 0) is 7.05 Å². The third kappa shape index (κ3) is 3.85. The fraction of sp³-hybridized carbons (Fsp3) is 0.296. The Morgan fingerprint density at radius 1 is 1.03 bits per heavy atom. The van der Waals surface area contributed by atoms with E-state index in [0.717, 1.165) is 52.3 Å². The molecule has 0 spiro atoms. The number of hydrogen-bond donors (Lipinski definition) is 0. The Hall–Kier alpha value is -3.65. The highest BCUT2D eigenvalue weighted by atomic mass is 15.2. The van der Waals surface area contributed by atoms with E-state index in [1.54, 1.807) is 0 Å². The van der Waals surface area contributed by atoms with Crippen molar-refractivity contribution in [3.8, 4) is 28.5 Å². The maximum absolute atomic E-state index is 9.21. The summed E-state index contributed by atoms with van der Waals surface area (Å²) < 4.78 is 1.84. The molecule has 0 bridgehead atoms. The maximum atomic E-state index is 9.21. The molecule has 2 aromatic carbocycles. The minimum Gasteiger partial charge on any atom is -0.370 e. The molecule has 4 aromatic rings. The molecule has 2 aromatic heterocycles. The smallest absolute Gasteiger partial charge is 0.0991 e. The first-order valence-corrected chi connectivity index (χ1v) is 11.3. The Bertz CT molecular complexity index is 1290. The summed E-state index contributed by atoms with van der Waals surface area (Å²) in [5.74, 6) is 0.836. The van der Waals surface area contributed by atoms with Crippen molar-refractivity contribution in [1.29, 1.82) is 5.26 Å². The van der Waals surface area contributed by atoms with Crippen molar-refractivity contribution in [3.63, 3.8) is 0 Å². The van der Waals surface area contributed by atoms with Crippen LogP contribution in [0, 0.1) is 17.2 Å². The van der Waals surface area contributed by atoms with Crippen LogP contribution in [0.2, 0.25) is 0 Å². The normalized spacial score (nSPS) is 14.6. The molecule has 0 aliphatic carbocycles. The van der Waals surface area contributed by atoms with E-state index in [0.29, 0.717) is 5.56 Å². The third-order valence-corrected chi connectivity index (χ3v) is 6.65. The van der Waals surface area contributed by atoms with Gasteiger partial charge in [0.25, 0.3) is 0 Å². The average molecular weight is 422 g/mol. The lowest BCUT2D eigenvalue weighted by atomic mass is 9.93. The monoisotopic (exact) mass is 421 g/mol. The topological polar surface area (TPSA) is 57.7 Å². The second-order valence-electron chi connectivity index (χ2n) is 8.69. The summed E-state index contributed by atoms with van der Waals surface area (Å²) >= 11 is 0. The van der Waals surface area contributed by atoms with E-state index in [4.69, 9.17) is 4.98 Å². The minimum atomic E-state index is 0.665. The van der Waals surface area contributed by atoms with Crippen LogP contribution in [0.25, 0.3) is 33.3 Å². The standard InChI is InChI=1S/C27H27N5/c1-3-19-10-12-32(13-11-19)24-15-25(21-6-4-20(16-28)5-7-21)27(29-17-24)22-8-9-26-23(14-22)18-31(2)30-26/h4-9,14-15,17-19H,3,10-13H2,1-2H3. The van der Waals surface area contributed by atoms with Gasteiger partial charge in [0.05, 0.1) is 34.7 Å². The summed E-state index contributed by atoms with van der Waals surface area (Å²) in [6, 6.07) is 18.6. The number of hydrogen-bond acceptors (Lipinski definition) is 4. The zero-order chi connectivity index (χ0) is 22.1. The van der Waals surface area contributed by atoms with E-state index in [1.807, 2.05) is 48.4 Å². The van der Waals surface area contributed by atoms with Crippen LogP contribution in [0.3, 0.4) is 0 Å². The molecule has 3 heterocycles. The van der Waals surface area contributed by atoms with Gasteiger partial charge in [0.1, 0.15) is 0 Å². The number of nitrogens with zero attached hydrogens (tertiary/aromatic N) is 5. The van der Waals surface area contributed by atoms with Gasteiger partial charge in [0, 0.05) is 42.8 Å². The molecular weight excluding hydrogens is 394 g/mol. The first-order chi connectivity index (χ1) is 15.6. The number of benzene rings is 2. The van der Waals surface area contributed by atoms with E-state index in [2.05, 4.69) is 47.3 Å². The zero-order valence-corrected chi connectivity index (χ0v) is 18.6. The summed E-state index contributed by atoms with van der Waals surface area (Å²) in [5, 5.41) is 14.8. The number of aromatic nitrogens is 3. The number of aryl methyl sites for hydroxylation is 1. The Morgan fingerprint density at radius 3 is 2.50 bits per heavy atom. The molecule has 0 radical (unpaired) electrons. The van der Waals surface area contributed by atoms with E-state index < -0.39 is 0 Å². The fourth-order valence-electron chi connectivity index (χ4n) is 4.70. The molecule has 1 fully saturated rings. The van der Waals surface area contributed by atoms with Crippen molar-refractivity contribution < 1.29 is 0 Å². The Labute approximate surface area is 188 Å². The molecule has 0 unspecified atom stereocenters. The van der Waals surface area contributed by atoms with Gasteiger partial charge in [-0.3, -0.25) is 9.67 Å². The number of fused-ring (bicyclic) bond motifs is 1. The Morgan fingerprint density at radius 2 is 1.78 bits per heavy atom. The molecule has 0 saturated carbocycles. The number of nitriles is 1. The molecule has 160 valence electrons. The van der Waals surface area contributed by atoms with E-state index in [1.165, 1.54) is 24.9 Å². The molecule has 1 saturated heterocycles. The molecule has 0 N–H and O–H groups in total. The van der Waals surface area contributed by atoms with Gasteiger partial charge in [-0.05, 0) is 54.7 Å². The quantitative estimate of drug-likeness (QED) is 0.418. The zero-order valence-electron chi connectivity index (χ0n) is 18.6. The van der Waals surface area contributed by atoms with Crippen LogP contribution in [0.5, 0.6) is 0 Å². The lowest BCUT2D eigenvalue weighted by Crippen LogP contribution is -2.33. The summed E-state index contributed by atoms with van der Waals surface area (Å²) in [6.07, 6.45) is 7.79. The van der Waals surface area contributed by atoms with Crippen molar-refractivity contribution in [2.45, 2.75) is 26.2 Å². The van der Waals surface area contributed by atoms with E-state index in [9.17, 15) is 5.26 Å². The molecule has 5 nitrogen and oxygen atoms in total. The summed E-state index contributed by atoms with van der Waals surface area (Å²) in [4.78, 5) is 7.42. The highest BCUT2D eigenvalue weighted by Crippen LogP contribution is 2.36. The summed E-state index contributed by atoms with van der Waals surface area (Å²) in [7, 11) is 1.94. The molecule has 1 aliphatic heterocycles. The van der Waals surface area contributed by atoms with Crippen molar-refractivity contribution in [1.82, 2.24) is 14.8 Å². The predicted molar refractivity (Wildman–Crippen MR) is 129 cm³/mol. The lowest BCUT2D eigenvalue weighted by Gasteiger charge is -2.33. The van der Waals surface area contributed by atoms with Crippen LogP contribution in [0.1, 0.15) is 31.7 Å². The Kier molecular flexibility index (Phi) is 5.36. The summed E-state index contributed by atoms with van der Waals surface area (Å²) in [6.45, 7) is 4.45. The molecule has 32 heavy (non-hydrogen) atoms. The van der Waals surface area contributed by atoms with Gasteiger partial charge in [-0.1, -0.05) is 31.5 Å². The van der Waals surface area contributed by atoms with Gasteiger partial charge >= 0.3 is 0 Å². The fourth-order valence-corrected chi connectivity index (χ4v) is 4.70. The molecule has 1 aliphatic rings. The van der Waals surface area contributed by atoms with Gasteiger partial charge in [-0.25, -0.2) is 0 Å². The van der Waals surface area contributed by atoms with Gasteiger partial charge < -0.3 is 4.90 Å². The van der Waals surface area contributed by atoms with Crippen molar-refractivity contribution in [2.24, 2.45) is 13.0 Å². The van der Waals surface area contributed by atoms with Crippen LogP contribution >= 0.6 is 0 Å². The molecule has 0 amide bonds. The highest BCUT2D eigenvalue weighted by Gasteiger charge is 2.20. The third-order valence-electron chi connectivity index (χ3n) is 6.65. The first kappa shape index (κ1) is 20.3. The first-order valence-electron chi connectivity index (χ1n) is 11.3. The van der Waals surface area contributed by atoms with Crippen LogP contribution in [0.4, 0.5) is 5.69 Å².